The van der Waals surface area contributed by atoms with E-state index in [2.05, 4.69) is 5.32 Å². The van der Waals surface area contributed by atoms with Crippen LogP contribution in [0, 0.1) is 20.9 Å². The third-order valence-corrected chi connectivity index (χ3v) is 6.38. The summed E-state index contributed by atoms with van der Waals surface area (Å²) in [4.78, 5) is 25.8. The number of carbonyl (C=O) groups is 1. The number of rotatable bonds is 10. The zero-order valence-electron chi connectivity index (χ0n) is 20.6. The van der Waals surface area contributed by atoms with E-state index >= 15 is 0 Å². The van der Waals surface area contributed by atoms with Crippen LogP contribution in [0.15, 0.2) is 72.8 Å². The summed E-state index contributed by atoms with van der Waals surface area (Å²) in [6.45, 7) is 1.19. The molecule has 1 aliphatic heterocycles. The first-order valence-electron chi connectivity index (χ1n) is 12.0. The molecule has 0 bridgehead atoms. The highest BCUT2D eigenvalue weighted by Gasteiger charge is 2.38. The van der Waals surface area contributed by atoms with Crippen molar-refractivity contribution < 1.29 is 14.5 Å². The van der Waals surface area contributed by atoms with Crippen LogP contribution in [0.5, 0.6) is 5.75 Å². The highest BCUT2D eigenvalue weighted by atomic mass is 16.6. The maximum absolute atomic E-state index is 13.3. The number of carbonyl (C=O) groups excluding carboxylic acids is 1. The van der Waals surface area contributed by atoms with Gasteiger partial charge in [0.2, 0.25) is 5.91 Å². The molecular formula is C27H29N7O4. The second-order valence-corrected chi connectivity index (χ2v) is 9.11. The van der Waals surface area contributed by atoms with Gasteiger partial charge in [0.15, 0.2) is 0 Å². The van der Waals surface area contributed by atoms with Gasteiger partial charge in [0.25, 0.3) is 5.69 Å². The minimum atomic E-state index is -0.484. The predicted octanol–water partition coefficient (Wildman–Crippen LogP) is 2.50. The van der Waals surface area contributed by atoms with Crippen LogP contribution >= 0.6 is 0 Å². The van der Waals surface area contributed by atoms with Gasteiger partial charge < -0.3 is 21.5 Å². The van der Waals surface area contributed by atoms with E-state index in [1.54, 1.807) is 48.5 Å². The number of nitrogens with one attached hydrogen (secondary N) is 3. The average molecular weight is 516 g/mol. The van der Waals surface area contributed by atoms with Gasteiger partial charge in [-0.05, 0) is 23.3 Å². The summed E-state index contributed by atoms with van der Waals surface area (Å²) in [5.74, 6) is 0.319. The first-order chi connectivity index (χ1) is 18.2. The number of amidine groups is 2. The third kappa shape index (κ3) is 6.51. The van der Waals surface area contributed by atoms with Crippen molar-refractivity contribution in [2.75, 3.05) is 6.54 Å². The molecule has 1 amide bonds. The minimum Gasteiger partial charge on any atom is -0.489 e. The quantitative estimate of drug-likeness (QED) is 0.119. The Morgan fingerprint density at radius 3 is 2.29 bits per heavy atom. The minimum absolute atomic E-state index is 0.00631. The van der Waals surface area contributed by atoms with Gasteiger partial charge >= 0.3 is 0 Å². The van der Waals surface area contributed by atoms with Gasteiger partial charge in [-0.2, -0.15) is 0 Å². The standard InChI is InChI=1S/C27H29N7O4/c28-25(29)19-8-4-17(5-9-19)14-32-27(35)24-13-23(38-22-3-1-2-20(12-22)26(30)31)16-33(24)15-18-6-10-21(11-7-18)34(36)37/h1-12,23-24H,13-16H2,(H3,28,29)(H3,30,31)(H,32,35)/t23-,24+/m1/s1. The second-order valence-electron chi connectivity index (χ2n) is 9.11. The predicted molar refractivity (Wildman–Crippen MR) is 143 cm³/mol. The number of nitrogens with two attached hydrogens (primary N) is 2. The van der Waals surface area contributed by atoms with E-state index in [1.165, 1.54) is 12.1 Å². The van der Waals surface area contributed by atoms with Crippen LogP contribution in [0.25, 0.3) is 0 Å². The fraction of sp³-hybridized carbons (Fsp3) is 0.222. The fourth-order valence-corrected chi connectivity index (χ4v) is 4.39. The van der Waals surface area contributed by atoms with Crippen molar-refractivity contribution in [3.63, 3.8) is 0 Å². The normalized spacial score (nSPS) is 17.1. The largest absolute Gasteiger partial charge is 0.489 e. The van der Waals surface area contributed by atoms with E-state index in [4.69, 9.17) is 27.0 Å². The zero-order valence-corrected chi connectivity index (χ0v) is 20.6. The van der Waals surface area contributed by atoms with E-state index < -0.39 is 11.0 Å². The van der Waals surface area contributed by atoms with Crippen LogP contribution in [0.1, 0.15) is 28.7 Å². The molecule has 1 aliphatic rings. The third-order valence-electron chi connectivity index (χ3n) is 6.38. The number of amides is 1. The molecule has 196 valence electrons. The second kappa shape index (κ2) is 11.5. The summed E-state index contributed by atoms with van der Waals surface area (Å²) >= 11 is 0. The number of ether oxygens (including phenoxy) is 1. The lowest BCUT2D eigenvalue weighted by molar-refractivity contribution is -0.384. The molecule has 3 aromatic carbocycles. The van der Waals surface area contributed by atoms with E-state index in [-0.39, 0.29) is 29.4 Å². The molecule has 11 heteroatoms. The molecule has 38 heavy (non-hydrogen) atoms. The van der Waals surface area contributed by atoms with E-state index in [0.29, 0.717) is 42.9 Å². The summed E-state index contributed by atoms with van der Waals surface area (Å²) in [5, 5.41) is 29.2. The first-order valence-corrected chi connectivity index (χ1v) is 12.0. The van der Waals surface area contributed by atoms with Crippen LogP contribution in [-0.2, 0) is 17.9 Å². The van der Waals surface area contributed by atoms with Crippen LogP contribution in [0.4, 0.5) is 5.69 Å². The molecule has 0 unspecified atom stereocenters. The number of benzene rings is 3. The smallest absolute Gasteiger partial charge is 0.269 e. The van der Waals surface area contributed by atoms with Crippen molar-refractivity contribution in [2.24, 2.45) is 11.5 Å². The number of nitrogens with zero attached hydrogens (tertiary/aromatic N) is 2. The van der Waals surface area contributed by atoms with Gasteiger partial charge in [0, 0.05) is 49.3 Å². The van der Waals surface area contributed by atoms with Crippen molar-refractivity contribution in [2.45, 2.75) is 31.7 Å². The lowest BCUT2D eigenvalue weighted by Gasteiger charge is -2.23. The number of nitrogen functional groups attached to an aromatic ring is 2. The summed E-state index contributed by atoms with van der Waals surface area (Å²) < 4.78 is 6.17. The molecule has 11 nitrogen and oxygen atoms in total. The monoisotopic (exact) mass is 515 g/mol. The van der Waals surface area contributed by atoms with Gasteiger partial charge in [0.05, 0.1) is 11.0 Å². The number of likely N-dealkylation sites (tertiary alicyclic amines) is 1. The van der Waals surface area contributed by atoms with Crippen molar-refractivity contribution in [3.8, 4) is 5.75 Å². The highest BCUT2D eigenvalue weighted by molar-refractivity contribution is 5.95. The Bertz CT molecular complexity index is 1340. The molecule has 0 spiro atoms. The molecule has 7 N–H and O–H groups in total. The SMILES string of the molecule is N=C(N)c1ccc(CNC(=O)[C@@H]2C[C@@H](Oc3cccc(C(=N)N)c3)CN2Cc2ccc([N+](=O)[O-])cc2)cc1. The Kier molecular flexibility index (Phi) is 7.97. The summed E-state index contributed by atoms with van der Waals surface area (Å²) in [6, 6.07) is 19.9. The van der Waals surface area contributed by atoms with E-state index in [1.807, 2.05) is 17.0 Å². The van der Waals surface area contributed by atoms with Crippen molar-refractivity contribution >= 4 is 23.3 Å². The molecule has 4 rings (SSSR count). The van der Waals surface area contributed by atoms with Gasteiger partial charge in [0.1, 0.15) is 23.5 Å². The van der Waals surface area contributed by atoms with E-state index in [9.17, 15) is 14.9 Å². The maximum atomic E-state index is 13.3. The fourth-order valence-electron chi connectivity index (χ4n) is 4.39. The molecule has 0 saturated carbocycles. The zero-order chi connectivity index (χ0) is 27.2. The van der Waals surface area contributed by atoms with Crippen LogP contribution in [0.3, 0.4) is 0 Å². The highest BCUT2D eigenvalue weighted by Crippen LogP contribution is 2.26. The lowest BCUT2D eigenvalue weighted by atomic mass is 10.1. The number of non-ortho nitro benzene ring substituents is 1. The van der Waals surface area contributed by atoms with E-state index in [0.717, 1.165) is 11.1 Å². The molecular weight excluding hydrogens is 486 g/mol. The first kappa shape index (κ1) is 26.3. The van der Waals surface area contributed by atoms with Gasteiger partial charge in [-0.15, -0.1) is 0 Å². The van der Waals surface area contributed by atoms with Crippen molar-refractivity contribution in [3.05, 3.63) is 105 Å². The van der Waals surface area contributed by atoms with Gasteiger partial charge in [-0.1, -0.05) is 48.5 Å². The molecule has 3 aromatic rings. The molecule has 2 atom stereocenters. The number of hydrogen-bond donors (Lipinski definition) is 5. The van der Waals surface area contributed by atoms with Crippen LogP contribution < -0.4 is 21.5 Å². The van der Waals surface area contributed by atoms with Gasteiger partial charge in [-0.3, -0.25) is 30.6 Å². The molecule has 1 fully saturated rings. The Morgan fingerprint density at radius 2 is 1.66 bits per heavy atom. The molecule has 1 saturated heterocycles. The summed E-state index contributed by atoms with van der Waals surface area (Å²) in [7, 11) is 0. The van der Waals surface area contributed by atoms with Crippen LogP contribution in [0.2, 0.25) is 0 Å². The molecule has 1 heterocycles. The van der Waals surface area contributed by atoms with Crippen molar-refractivity contribution in [1.82, 2.24) is 10.2 Å². The Hall–Kier alpha value is -4.77. The Balaban J connectivity index is 1.47. The van der Waals surface area contributed by atoms with Gasteiger partial charge in [-0.25, -0.2) is 0 Å². The molecule has 0 aromatic heterocycles. The Morgan fingerprint density at radius 1 is 1.00 bits per heavy atom. The topological polar surface area (TPSA) is 184 Å². The average Bonchev–Trinajstić information content (AvgIpc) is 3.29. The number of nitro benzene ring substituents is 1. The number of hydrogen-bond acceptors (Lipinski definition) is 7. The Labute approximate surface area is 219 Å². The maximum Gasteiger partial charge on any atom is 0.269 e. The van der Waals surface area contributed by atoms with Crippen molar-refractivity contribution in [1.29, 1.82) is 10.8 Å². The summed E-state index contributed by atoms with van der Waals surface area (Å²) in [5.41, 5.74) is 14.0. The molecule has 0 radical (unpaired) electrons. The lowest BCUT2D eigenvalue weighted by Crippen LogP contribution is -2.42. The van der Waals surface area contributed by atoms with Crippen LogP contribution in [-0.4, -0.2) is 46.1 Å². The number of nitro groups is 1. The molecule has 0 aliphatic carbocycles. The summed E-state index contributed by atoms with van der Waals surface area (Å²) in [6.07, 6.45) is 0.146.